The van der Waals surface area contributed by atoms with Crippen molar-refractivity contribution in [3.8, 4) is 0 Å². The molecule has 0 saturated heterocycles. The summed E-state index contributed by atoms with van der Waals surface area (Å²) >= 11 is 3.03. The molecule has 0 fully saturated rings. The summed E-state index contributed by atoms with van der Waals surface area (Å²) in [5.74, 6) is -1.74. The molecule has 4 nitrogen and oxygen atoms in total. The van der Waals surface area contributed by atoms with E-state index in [1.807, 2.05) is 0 Å². The predicted molar refractivity (Wildman–Crippen MR) is 81.4 cm³/mol. The van der Waals surface area contributed by atoms with Gasteiger partial charge >= 0.3 is 0 Å². The van der Waals surface area contributed by atoms with E-state index in [0.717, 1.165) is 0 Å². The zero-order valence-corrected chi connectivity index (χ0v) is 12.5. The molecule has 0 aliphatic rings. The number of primary amides is 1. The molecule has 2 amide bonds. The molecule has 0 atom stereocenters. The van der Waals surface area contributed by atoms with E-state index < -0.39 is 17.6 Å². The highest BCUT2D eigenvalue weighted by atomic mass is 79.9. The van der Waals surface area contributed by atoms with Crippen LogP contribution in [0, 0.1) is 5.82 Å². The first-order valence-corrected chi connectivity index (χ1v) is 6.90. The van der Waals surface area contributed by atoms with E-state index in [0.29, 0.717) is 11.3 Å². The zero-order valence-electron chi connectivity index (χ0n) is 10.9. The summed E-state index contributed by atoms with van der Waals surface area (Å²) in [5, 5.41) is 2.59. The van der Waals surface area contributed by atoms with E-state index in [1.165, 1.54) is 12.1 Å². The molecular formula is C15H12BrFN2O2. The minimum atomic E-state index is -0.637. The predicted octanol–water partition coefficient (Wildman–Crippen LogP) is 2.87. The van der Waals surface area contributed by atoms with E-state index in [4.69, 9.17) is 5.73 Å². The number of benzene rings is 2. The molecule has 0 radical (unpaired) electrons. The second-order valence-electron chi connectivity index (χ2n) is 4.36. The molecule has 0 aliphatic carbocycles. The van der Waals surface area contributed by atoms with Gasteiger partial charge in [-0.3, -0.25) is 9.59 Å². The Hall–Kier alpha value is -2.21. The number of halogens is 2. The van der Waals surface area contributed by atoms with Crippen molar-refractivity contribution in [1.29, 1.82) is 0 Å². The standard InChI is InChI=1S/C15H12BrFN2O2/c16-11-6-3-5-10(14(11)17)15(21)19-12-7-2-1-4-9(12)8-13(18)20/h1-7H,8H2,(H2,18,20)(H,19,21). The highest BCUT2D eigenvalue weighted by Crippen LogP contribution is 2.21. The van der Waals surface area contributed by atoms with Crippen LogP contribution >= 0.6 is 15.9 Å². The first-order valence-electron chi connectivity index (χ1n) is 6.10. The van der Waals surface area contributed by atoms with Gasteiger partial charge in [-0.25, -0.2) is 4.39 Å². The average Bonchev–Trinajstić information content (AvgIpc) is 2.43. The van der Waals surface area contributed by atoms with Crippen molar-refractivity contribution in [2.75, 3.05) is 5.32 Å². The van der Waals surface area contributed by atoms with Crippen LogP contribution < -0.4 is 11.1 Å². The van der Waals surface area contributed by atoms with Gasteiger partial charge in [-0.1, -0.05) is 24.3 Å². The quantitative estimate of drug-likeness (QED) is 0.889. The van der Waals surface area contributed by atoms with E-state index in [1.54, 1.807) is 30.3 Å². The SMILES string of the molecule is NC(=O)Cc1ccccc1NC(=O)c1cccc(Br)c1F. The number of anilines is 1. The maximum absolute atomic E-state index is 13.9. The topological polar surface area (TPSA) is 72.2 Å². The van der Waals surface area contributed by atoms with Gasteiger partial charge in [0.2, 0.25) is 5.91 Å². The molecular weight excluding hydrogens is 339 g/mol. The summed E-state index contributed by atoms with van der Waals surface area (Å²) in [7, 11) is 0. The lowest BCUT2D eigenvalue weighted by atomic mass is 10.1. The Morgan fingerprint density at radius 1 is 1.14 bits per heavy atom. The molecule has 0 spiro atoms. The van der Waals surface area contributed by atoms with Crippen LogP contribution in [0.3, 0.4) is 0 Å². The Balaban J connectivity index is 2.28. The van der Waals surface area contributed by atoms with Gasteiger partial charge in [-0.15, -0.1) is 0 Å². The smallest absolute Gasteiger partial charge is 0.258 e. The first-order chi connectivity index (χ1) is 9.99. The normalized spacial score (nSPS) is 10.2. The lowest BCUT2D eigenvalue weighted by Crippen LogP contribution is -2.18. The minimum absolute atomic E-state index is 0.00256. The van der Waals surface area contributed by atoms with E-state index >= 15 is 0 Å². The summed E-state index contributed by atoms with van der Waals surface area (Å²) in [6, 6.07) is 11.2. The zero-order chi connectivity index (χ0) is 15.4. The van der Waals surface area contributed by atoms with Gasteiger partial charge in [0, 0.05) is 5.69 Å². The number of carbonyl (C=O) groups excluding carboxylic acids is 2. The maximum atomic E-state index is 13.9. The molecule has 0 heterocycles. The minimum Gasteiger partial charge on any atom is -0.369 e. The van der Waals surface area contributed by atoms with E-state index in [2.05, 4.69) is 21.2 Å². The van der Waals surface area contributed by atoms with Crippen molar-refractivity contribution in [2.45, 2.75) is 6.42 Å². The molecule has 3 N–H and O–H groups in total. The van der Waals surface area contributed by atoms with Crippen molar-refractivity contribution in [3.63, 3.8) is 0 Å². The highest BCUT2D eigenvalue weighted by Gasteiger charge is 2.15. The summed E-state index contributed by atoms with van der Waals surface area (Å²) in [6.45, 7) is 0. The van der Waals surface area contributed by atoms with Gasteiger partial charge in [-0.2, -0.15) is 0 Å². The fourth-order valence-corrected chi connectivity index (χ4v) is 2.22. The summed E-state index contributed by atoms with van der Waals surface area (Å²) in [6.07, 6.45) is -0.00256. The number of carbonyl (C=O) groups is 2. The molecule has 21 heavy (non-hydrogen) atoms. The number of nitrogens with two attached hydrogens (primary N) is 1. The van der Waals surface area contributed by atoms with Crippen molar-refractivity contribution < 1.29 is 14.0 Å². The fourth-order valence-electron chi connectivity index (χ4n) is 1.85. The molecule has 108 valence electrons. The van der Waals surface area contributed by atoms with Gasteiger partial charge < -0.3 is 11.1 Å². The van der Waals surface area contributed by atoms with Crippen LogP contribution in [0.2, 0.25) is 0 Å². The lowest BCUT2D eigenvalue weighted by Gasteiger charge is -2.10. The molecule has 2 aromatic carbocycles. The Bertz CT molecular complexity index is 704. The second-order valence-corrected chi connectivity index (χ2v) is 5.21. The highest BCUT2D eigenvalue weighted by molar-refractivity contribution is 9.10. The van der Waals surface area contributed by atoms with Gasteiger partial charge in [0.1, 0.15) is 5.82 Å². The Kier molecular flexibility index (Phi) is 4.70. The molecule has 2 rings (SSSR count). The molecule has 0 saturated carbocycles. The van der Waals surface area contributed by atoms with Gasteiger partial charge in [0.15, 0.2) is 0 Å². The van der Waals surface area contributed by atoms with Crippen LogP contribution in [-0.4, -0.2) is 11.8 Å². The Morgan fingerprint density at radius 3 is 2.57 bits per heavy atom. The van der Waals surface area contributed by atoms with Crippen LogP contribution in [0.25, 0.3) is 0 Å². The van der Waals surface area contributed by atoms with Crippen molar-refractivity contribution in [2.24, 2.45) is 5.73 Å². The number of para-hydroxylation sites is 1. The van der Waals surface area contributed by atoms with Crippen LogP contribution in [0.1, 0.15) is 15.9 Å². The Morgan fingerprint density at radius 2 is 1.86 bits per heavy atom. The second kappa shape index (κ2) is 6.49. The fraction of sp³-hybridized carbons (Fsp3) is 0.0667. The maximum Gasteiger partial charge on any atom is 0.258 e. The average molecular weight is 351 g/mol. The Labute approximate surface area is 129 Å². The van der Waals surface area contributed by atoms with Gasteiger partial charge in [0.05, 0.1) is 16.5 Å². The lowest BCUT2D eigenvalue weighted by molar-refractivity contribution is -0.117. The molecule has 0 bridgehead atoms. The van der Waals surface area contributed by atoms with Gasteiger partial charge in [-0.05, 0) is 39.7 Å². The first kappa shape index (κ1) is 15.2. The van der Waals surface area contributed by atoms with Crippen molar-refractivity contribution in [1.82, 2.24) is 0 Å². The number of hydrogen-bond donors (Lipinski definition) is 2. The third kappa shape index (κ3) is 3.66. The number of rotatable bonds is 4. The number of nitrogens with one attached hydrogen (secondary N) is 1. The largest absolute Gasteiger partial charge is 0.369 e. The summed E-state index contributed by atoms with van der Waals surface area (Å²) < 4.78 is 14.1. The number of hydrogen-bond acceptors (Lipinski definition) is 2. The molecule has 2 aromatic rings. The van der Waals surface area contributed by atoms with Crippen LogP contribution in [0.15, 0.2) is 46.9 Å². The van der Waals surface area contributed by atoms with E-state index in [-0.39, 0.29) is 16.5 Å². The number of amides is 2. The van der Waals surface area contributed by atoms with Gasteiger partial charge in [0.25, 0.3) is 5.91 Å². The molecule has 6 heteroatoms. The summed E-state index contributed by atoms with van der Waals surface area (Å²) in [5.41, 5.74) is 6.09. The third-order valence-corrected chi connectivity index (χ3v) is 3.44. The monoisotopic (exact) mass is 350 g/mol. The van der Waals surface area contributed by atoms with Crippen molar-refractivity contribution in [3.05, 3.63) is 63.9 Å². The van der Waals surface area contributed by atoms with Crippen LogP contribution in [-0.2, 0) is 11.2 Å². The van der Waals surface area contributed by atoms with Crippen LogP contribution in [0.5, 0.6) is 0 Å². The molecule has 0 aromatic heterocycles. The van der Waals surface area contributed by atoms with Crippen LogP contribution in [0.4, 0.5) is 10.1 Å². The molecule has 0 unspecified atom stereocenters. The third-order valence-electron chi connectivity index (χ3n) is 2.83. The molecule has 0 aliphatic heterocycles. The van der Waals surface area contributed by atoms with Crippen molar-refractivity contribution >= 4 is 33.4 Å². The summed E-state index contributed by atoms with van der Waals surface area (Å²) in [4.78, 5) is 23.2. The van der Waals surface area contributed by atoms with E-state index in [9.17, 15) is 14.0 Å².